The van der Waals surface area contributed by atoms with E-state index in [0.717, 1.165) is 9.87 Å². The van der Waals surface area contributed by atoms with Crippen LogP contribution in [0.25, 0.3) is 0 Å². The van der Waals surface area contributed by atoms with Crippen LogP contribution in [-0.4, -0.2) is 49.9 Å². The van der Waals surface area contributed by atoms with E-state index in [-0.39, 0.29) is 23.5 Å². The van der Waals surface area contributed by atoms with Crippen molar-refractivity contribution in [2.75, 3.05) is 17.5 Å². The quantitative estimate of drug-likeness (QED) is 0.171. The molecule has 0 unspecified atom stereocenters. The molecule has 0 aliphatic rings. The Morgan fingerprint density at radius 1 is 0.872 bits per heavy atom. The molecule has 1 atom stereocenters. The number of hydrogen-bond donors (Lipinski definition) is 1. The van der Waals surface area contributed by atoms with Gasteiger partial charge < -0.3 is 15.0 Å². The maximum absolute atomic E-state index is 14.5. The largest absolute Gasteiger partial charge is 0.494 e. The summed E-state index contributed by atoms with van der Waals surface area (Å²) in [6.45, 7) is 7.05. The van der Waals surface area contributed by atoms with Crippen molar-refractivity contribution >= 4 is 39.1 Å². The Kier molecular flexibility index (Phi) is 11.7. The average Bonchev–Trinajstić information content (AvgIpc) is 3.03. The molecular formula is C36H39ClFN3O5S. The highest BCUT2D eigenvalue weighted by atomic mass is 35.5. The Hall–Kier alpha value is -4.41. The molecule has 4 aromatic carbocycles. The second kappa shape index (κ2) is 15.5. The van der Waals surface area contributed by atoms with Crippen molar-refractivity contribution in [3.05, 3.63) is 125 Å². The van der Waals surface area contributed by atoms with Gasteiger partial charge in [-0.3, -0.25) is 13.9 Å². The van der Waals surface area contributed by atoms with E-state index < -0.39 is 45.8 Å². The molecule has 8 nitrogen and oxygen atoms in total. The van der Waals surface area contributed by atoms with E-state index >= 15 is 0 Å². The first-order valence-corrected chi connectivity index (χ1v) is 17.0. The van der Waals surface area contributed by atoms with Crippen LogP contribution in [0.1, 0.15) is 38.8 Å². The van der Waals surface area contributed by atoms with Crippen LogP contribution in [0.4, 0.5) is 10.1 Å². The van der Waals surface area contributed by atoms with Gasteiger partial charge in [-0.05, 0) is 99.5 Å². The standard InChI is InChI=1S/C36H39ClFN3O5S/c1-5-46-31-19-17-30(18-20-31)41(47(44,45)32-21-13-28(37)14-22-32)25-34(42)40(24-27-11-15-29(38)16-12-27)33(35(43)39-36(2,3)4)23-26-9-7-6-8-10-26/h6-22,33H,5,23-25H2,1-4H3,(H,39,43)/t33-/m1/s1. The maximum Gasteiger partial charge on any atom is 0.264 e. The van der Waals surface area contributed by atoms with Gasteiger partial charge in [-0.2, -0.15) is 0 Å². The summed E-state index contributed by atoms with van der Waals surface area (Å²) in [6, 6.07) is 25.9. The zero-order chi connectivity index (χ0) is 34.2. The van der Waals surface area contributed by atoms with Crippen molar-refractivity contribution in [2.24, 2.45) is 0 Å². The second-order valence-electron chi connectivity index (χ2n) is 12.0. The van der Waals surface area contributed by atoms with Crippen LogP contribution >= 0.6 is 11.6 Å². The molecular weight excluding hydrogens is 641 g/mol. The summed E-state index contributed by atoms with van der Waals surface area (Å²) in [4.78, 5) is 29.7. The Morgan fingerprint density at radius 2 is 1.49 bits per heavy atom. The van der Waals surface area contributed by atoms with E-state index in [4.69, 9.17) is 16.3 Å². The summed E-state index contributed by atoms with van der Waals surface area (Å²) in [5.74, 6) is -0.962. The van der Waals surface area contributed by atoms with Crippen LogP contribution < -0.4 is 14.4 Å². The highest BCUT2D eigenvalue weighted by Gasteiger charge is 2.35. The van der Waals surface area contributed by atoms with Gasteiger partial charge in [-0.15, -0.1) is 0 Å². The van der Waals surface area contributed by atoms with E-state index in [1.807, 2.05) is 58.0 Å². The first kappa shape index (κ1) is 35.4. The van der Waals surface area contributed by atoms with E-state index in [9.17, 15) is 22.4 Å². The first-order valence-electron chi connectivity index (χ1n) is 15.2. The summed E-state index contributed by atoms with van der Waals surface area (Å²) < 4.78 is 48.7. The van der Waals surface area contributed by atoms with Gasteiger partial charge >= 0.3 is 0 Å². The number of halogens is 2. The van der Waals surface area contributed by atoms with E-state index in [2.05, 4.69) is 5.32 Å². The summed E-state index contributed by atoms with van der Waals surface area (Å²) in [5.41, 5.74) is 0.963. The number of carbonyl (C=O) groups excluding carboxylic acids is 2. The zero-order valence-electron chi connectivity index (χ0n) is 26.8. The number of nitrogens with zero attached hydrogens (tertiary/aromatic N) is 2. The van der Waals surface area contributed by atoms with Crippen LogP contribution in [0.3, 0.4) is 0 Å². The van der Waals surface area contributed by atoms with Crippen molar-refractivity contribution in [2.45, 2.75) is 57.1 Å². The number of hydrogen-bond acceptors (Lipinski definition) is 5. The van der Waals surface area contributed by atoms with Crippen molar-refractivity contribution in [1.29, 1.82) is 0 Å². The van der Waals surface area contributed by atoms with Crippen LogP contribution in [0.15, 0.2) is 108 Å². The van der Waals surface area contributed by atoms with Crippen molar-refractivity contribution in [1.82, 2.24) is 10.2 Å². The van der Waals surface area contributed by atoms with E-state index in [0.29, 0.717) is 22.9 Å². The fourth-order valence-corrected chi connectivity index (χ4v) is 6.47. The Morgan fingerprint density at radius 3 is 2.06 bits per heavy atom. The molecule has 4 rings (SSSR count). The van der Waals surface area contributed by atoms with E-state index in [1.54, 1.807) is 24.3 Å². The Bertz CT molecular complexity index is 1750. The highest BCUT2D eigenvalue weighted by molar-refractivity contribution is 7.92. The summed E-state index contributed by atoms with van der Waals surface area (Å²) in [6.07, 6.45) is 0.155. The van der Waals surface area contributed by atoms with Gasteiger partial charge in [0, 0.05) is 23.5 Å². The molecule has 0 heterocycles. The lowest BCUT2D eigenvalue weighted by atomic mass is 10.0. The molecule has 0 spiro atoms. The SMILES string of the molecule is CCOc1ccc(N(CC(=O)N(Cc2ccc(F)cc2)[C@H](Cc2ccccc2)C(=O)NC(C)(C)C)S(=O)(=O)c2ccc(Cl)cc2)cc1. The van der Waals surface area contributed by atoms with Crippen molar-refractivity contribution in [3.63, 3.8) is 0 Å². The molecule has 0 aliphatic carbocycles. The molecule has 47 heavy (non-hydrogen) atoms. The highest BCUT2D eigenvalue weighted by Crippen LogP contribution is 2.28. The lowest BCUT2D eigenvalue weighted by molar-refractivity contribution is -0.140. The third-order valence-electron chi connectivity index (χ3n) is 7.15. The predicted molar refractivity (Wildman–Crippen MR) is 182 cm³/mol. The molecule has 0 fully saturated rings. The van der Waals surface area contributed by atoms with Gasteiger partial charge in [-0.1, -0.05) is 54.1 Å². The minimum absolute atomic E-state index is 0.0695. The van der Waals surface area contributed by atoms with Gasteiger partial charge in [0.25, 0.3) is 10.0 Å². The maximum atomic E-state index is 14.5. The first-order chi connectivity index (χ1) is 22.3. The molecule has 4 aromatic rings. The minimum atomic E-state index is -4.30. The summed E-state index contributed by atoms with van der Waals surface area (Å²) >= 11 is 6.05. The monoisotopic (exact) mass is 679 g/mol. The topological polar surface area (TPSA) is 96.0 Å². The minimum Gasteiger partial charge on any atom is -0.494 e. The number of nitrogens with one attached hydrogen (secondary N) is 1. The number of sulfonamides is 1. The molecule has 0 bridgehead atoms. The van der Waals surface area contributed by atoms with Gasteiger partial charge in [0.1, 0.15) is 24.2 Å². The second-order valence-corrected chi connectivity index (χ2v) is 14.3. The van der Waals surface area contributed by atoms with Crippen LogP contribution in [-0.2, 0) is 32.6 Å². The number of rotatable bonds is 13. The van der Waals surface area contributed by atoms with Crippen LogP contribution in [0, 0.1) is 5.82 Å². The molecule has 0 aliphatic heterocycles. The lowest BCUT2D eigenvalue weighted by Crippen LogP contribution is -2.56. The number of ether oxygens (including phenoxy) is 1. The van der Waals surface area contributed by atoms with Gasteiger partial charge in [0.15, 0.2) is 0 Å². The van der Waals surface area contributed by atoms with Gasteiger partial charge in [-0.25, -0.2) is 12.8 Å². The normalized spacial score (nSPS) is 12.2. The van der Waals surface area contributed by atoms with Gasteiger partial charge in [0.2, 0.25) is 11.8 Å². The number of benzene rings is 4. The number of anilines is 1. The lowest BCUT2D eigenvalue weighted by Gasteiger charge is -2.35. The predicted octanol–water partition coefficient (Wildman–Crippen LogP) is 6.63. The molecule has 1 N–H and O–H groups in total. The molecule has 0 aromatic heterocycles. The van der Waals surface area contributed by atoms with Crippen LogP contribution in [0.2, 0.25) is 5.02 Å². The molecule has 11 heteroatoms. The molecule has 248 valence electrons. The number of amides is 2. The van der Waals surface area contributed by atoms with E-state index in [1.165, 1.54) is 53.4 Å². The molecule has 0 saturated carbocycles. The molecule has 0 saturated heterocycles. The fraction of sp³-hybridized carbons (Fsp3) is 0.278. The third kappa shape index (κ3) is 9.79. The zero-order valence-corrected chi connectivity index (χ0v) is 28.4. The molecule has 0 radical (unpaired) electrons. The van der Waals surface area contributed by atoms with Crippen molar-refractivity contribution < 1.29 is 27.1 Å². The van der Waals surface area contributed by atoms with Crippen molar-refractivity contribution in [3.8, 4) is 5.75 Å². The van der Waals surface area contributed by atoms with Gasteiger partial charge in [0.05, 0.1) is 17.2 Å². The summed E-state index contributed by atoms with van der Waals surface area (Å²) in [7, 11) is -4.30. The fourth-order valence-electron chi connectivity index (χ4n) is 4.93. The average molecular weight is 680 g/mol. The Balaban J connectivity index is 1.81. The summed E-state index contributed by atoms with van der Waals surface area (Å²) in [5, 5.41) is 3.34. The molecule has 2 amide bonds. The van der Waals surface area contributed by atoms with Crippen LogP contribution in [0.5, 0.6) is 5.75 Å². The number of carbonyl (C=O) groups is 2. The third-order valence-corrected chi connectivity index (χ3v) is 9.19. The smallest absolute Gasteiger partial charge is 0.264 e. The Labute approximate surface area is 281 Å².